The van der Waals surface area contributed by atoms with Gasteiger partial charge in [-0.1, -0.05) is 45.0 Å². The van der Waals surface area contributed by atoms with E-state index in [0.29, 0.717) is 11.5 Å². The third-order valence-electron chi connectivity index (χ3n) is 5.19. The molecule has 0 radical (unpaired) electrons. The minimum Gasteiger partial charge on any atom is -0.392 e. The van der Waals surface area contributed by atoms with Crippen LogP contribution >= 0.6 is 0 Å². The molecule has 6 nitrogen and oxygen atoms in total. The molecule has 4 rings (SSSR count). The Labute approximate surface area is 189 Å². The molecule has 0 atom stereocenters. The van der Waals surface area contributed by atoms with Crippen molar-refractivity contribution in [3.8, 4) is 5.69 Å². The van der Waals surface area contributed by atoms with Crippen molar-refractivity contribution >= 4 is 28.3 Å². The summed E-state index contributed by atoms with van der Waals surface area (Å²) in [6.45, 7) is 5.84. The number of aliphatic hydroxyl groups is 1. The van der Waals surface area contributed by atoms with Crippen LogP contribution < -0.4 is 10.6 Å². The van der Waals surface area contributed by atoms with Crippen LogP contribution in [0, 0.1) is 11.6 Å². The summed E-state index contributed by atoms with van der Waals surface area (Å²) in [7, 11) is 0. The third-order valence-corrected chi connectivity index (χ3v) is 5.19. The maximum atomic E-state index is 13.5. The van der Waals surface area contributed by atoms with Gasteiger partial charge in [0.25, 0.3) is 0 Å². The maximum Gasteiger partial charge on any atom is 0.324 e. The minimum atomic E-state index is -0.793. The van der Waals surface area contributed by atoms with Gasteiger partial charge in [-0.25, -0.2) is 18.3 Å². The van der Waals surface area contributed by atoms with Gasteiger partial charge in [0.15, 0.2) is 0 Å². The van der Waals surface area contributed by atoms with Gasteiger partial charge in [-0.2, -0.15) is 5.10 Å². The summed E-state index contributed by atoms with van der Waals surface area (Å²) in [6.07, 6.45) is 0. The van der Waals surface area contributed by atoms with Crippen LogP contribution in [0.4, 0.5) is 25.1 Å². The Morgan fingerprint density at radius 1 is 1.00 bits per heavy atom. The number of rotatable bonds is 4. The second kappa shape index (κ2) is 8.63. The lowest BCUT2D eigenvalue weighted by Crippen LogP contribution is -2.21. The predicted molar refractivity (Wildman–Crippen MR) is 125 cm³/mol. The molecule has 8 heteroatoms. The molecule has 0 aliphatic rings. The van der Waals surface area contributed by atoms with E-state index in [1.165, 1.54) is 0 Å². The number of carbonyl (C=O) groups excluding carboxylic acids is 1. The number of anilines is 2. The number of benzene rings is 3. The molecule has 0 aliphatic heterocycles. The summed E-state index contributed by atoms with van der Waals surface area (Å²) in [5.74, 6) is -1.22. The molecule has 1 aromatic heterocycles. The van der Waals surface area contributed by atoms with E-state index in [4.69, 9.17) is 5.10 Å². The van der Waals surface area contributed by atoms with Crippen LogP contribution in [0.3, 0.4) is 0 Å². The molecule has 1 heterocycles. The lowest BCUT2D eigenvalue weighted by Gasteiger charge is -2.14. The smallest absolute Gasteiger partial charge is 0.324 e. The summed E-state index contributed by atoms with van der Waals surface area (Å²) in [5, 5.41) is 21.6. The van der Waals surface area contributed by atoms with Gasteiger partial charge in [-0.3, -0.25) is 5.32 Å². The van der Waals surface area contributed by atoms with Crippen LogP contribution in [-0.2, 0) is 12.0 Å². The van der Waals surface area contributed by atoms with Gasteiger partial charge in [0.1, 0.15) is 17.5 Å². The quantitative estimate of drug-likeness (QED) is 0.371. The van der Waals surface area contributed by atoms with E-state index in [2.05, 4.69) is 10.6 Å². The maximum absolute atomic E-state index is 13.5. The Balaban J connectivity index is 1.74. The SMILES string of the molecule is CC(C)(C)c1cc(NC(=O)Nc2cc(F)cc(F)c2)n(-c2cc(CO)c3ccccc3c2)n1. The van der Waals surface area contributed by atoms with Crippen LogP contribution in [0.2, 0.25) is 0 Å². The molecule has 0 saturated heterocycles. The molecule has 0 saturated carbocycles. The average Bonchev–Trinajstić information content (AvgIpc) is 3.16. The molecule has 0 unspecified atom stereocenters. The normalized spacial score (nSPS) is 11.6. The van der Waals surface area contributed by atoms with E-state index in [0.717, 1.165) is 40.2 Å². The molecule has 0 bridgehead atoms. The summed E-state index contributed by atoms with van der Waals surface area (Å²) >= 11 is 0. The first-order chi connectivity index (χ1) is 15.6. The Morgan fingerprint density at radius 2 is 1.70 bits per heavy atom. The lowest BCUT2D eigenvalue weighted by molar-refractivity contribution is 0.262. The van der Waals surface area contributed by atoms with Crippen molar-refractivity contribution < 1.29 is 18.7 Å². The van der Waals surface area contributed by atoms with E-state index in [1.807, 2.05) is 57.2 Å². The fraction of sp³-hybridized carbons (Fsp3) is 0.200. The number of hydrogen-bond acceptors (Lipinski definition) is 3. The summed E-state index contributed by atoms with van der Waals surface area (Å²) in [5.41, 5.74) is 1.79. The van der Waals surface area contributed by atoms with E-state index >= 15 is 0 Å². The Morgan fingerprint density at radius 3 is 2.36 bits per heavy atom. The molecule has 0 aliphatic carbocycles. The first-order valence-corrected chi connectivity index (χ1v) is 10.4. The minimum absolute atomic E-state index is 0.0135. The molecule has 2 amide bonds. The van der Waals surface area contributed by atoms with Gasteiger partial charge in [0.05, 0.1) is 18.0 Å². The van der Waals surface area contributed by atoms with Crippen LogP contribution in [0.25, 0.3) is 16.5 Å². The van der Waals surface area contributed by atoms with Crippen molar-refractivity contribution in [2.75, 3.05) is 10.6 Å². The first-order valence-electron chi connectivity index (χ1n) is 10.4. The number of aromatic nitrogens is 2. The predicted octanol–water partition coefficient (Wildman–Crippen LogP) is 5.74. The number of halogens is 2. The Bertz CT molecular complexity index is 1320. The summed E-state index contributed by atoms with van der Waals surface area (Å²) in [4.78, 5) is 12.6. The largest absolute Gasteiger partial charge is 0.392 e. The van der Waals surface area contributed by atoms with Gasteiger partial charge in [-0.05, 0) is 40.6 Å². The standard InChI is InChI=1S/C25H24F2N4O2/c1-25(2,3)22-13-23(29-24(33)28-19-11-17(26)10-18(27)12-19)31(30-22)20-8-15-6-4-5-7-21(15)16(9-20)14-32/h4-13,32H,14H2,1-3H3,(H2,28,29,33). The average molecular weight is 450 g/mol. The Kier molecular flexibility index (Phi) is 5.86. The van der Waals surface area contributed by atoms with Crippen molar-refractivity contribution in [2.45, 2.75) is 32.8 Å². The number of aliphatic hydroxyl groups excluding tert-OH is 1. The van der Waals surface area contributed by atoms with Crippen molar-refractivity contribution in [1.29, 1.82) is 0 Å². The highest BCUT2D eigenvalue weighted by Crippen LogP contribution is 2.29. The van der Waals surface area contributed by atoms with Crippen molar-refractivity contribution in [3.63, 3.8) is 0 Å². The number of urea groups is 1. The van der Waals surface area contributed by atoms with Gasteiger partial charge >= 0.3 is 6.03 Å². The van der Waals surface area contributed by atoms with Crippen molar-refractivity contribution in [1.82, 2.24) is 9.78 Å². The summed E-state index contributed by atoms with van der Waals surface area (Å²) in [6, 6.07) is 15.3. The monoisotopic (exact) mass is 450 g/mol. The molecular weight excluding hydrogens is 426 g/mol. The molecule has 33 heavy (non-hydrogen) atoms. The lowest BCUT2D eigenvalue weighted by atomic mass is 9.92. The number of hydrogen-bond donors (Lipinski definition) is 3. The van der Waals surface area contributed by atoms with Crippen molar-refractivity contribution in [2.24, 2.45) is 0 Å². The van der Waals surface area contributed by atoms with E-state index in [-0.39, 0.29) is 17.7 Å². The molecular formula is C25H24F2N4O2. The van der Waals surface area contributed by atoms with Gasteiger partial charge in [0, 0.05) is 23.2 Å². The summed E-state index contributed by atoms with van der Waals surface area (Å²) < 4.78 is 28.5. The molecule has 4 aromatic rings. The number of fused-ring (bicyclic) bond motifs is 1. The fourth-order valence-corrected chi connectivity index (χ4v) is 3.56. The molecule has 0 fully saturated rings. The van der Waals surface area contributed by atoms with Crippen LogP contribution in [0.5, 0.6) is 0 Å². The fourth-order valence-electron chi connectivity index (χ4n) is 3.56. The first kappa shape index (κ1) is 22.4. The Hall–Kier alpha value is -3.78. The van der Waals surface area contributed by atoms with Crippen molar-refractivity contribution in [3.05, 3.63) is 83.6 Å². The van der Waals surface area contributed by atoms with Gasteiger partial charge in [-0.15, -0.1) is 0 Å². The number of amides is 2. The van der Waals surface area contributed by atoms with Crippen LogP contribution in [0.1, 0.15) is 32.0 Å². The second-order valence-corrected chi connectivity index (χ2v) is 8.80. The second-order valence-electron chi connectivity index (χ2n) is 8.80. The highest BCUT2D eigenvalue weighted by atomic mass is 19.1. The zero-order valence-electron chi connectivity index (χ0n) is 18.5. The highest BCUT2D eigenvalue weighted by Gasteiger charge is 2.22. The third kappa shape index (κ3) is 4.85. The number of nitrogens with one attached hydrogen (secondary N) is 2. The molecule has 170 valence electrons. The van der Waals surface area contributed by atoms with E-state index in [1.54, 1.807) is 10.7 Å². The molecule has 0 spiro atoms. The highest BCUT2D eigenvalue weighted by molar-refractivity contribution is 5.99. The molecule has 3 aromatic carbocycles. The van der Waals surface area contributed by atoms with E-state index in [9.17, 15) is 18.7 Å². The zero-order chi connectivity index (χ0) is 23.8. The topological polar surface area (TPSA) is 79.2 Å². The number of nitrogens with zero attached hydrogens (tertiary/aromatic N) is 2. The van der Waals surface area contributed by atoms with Gasteiger partial charge in [0.2, 0.25) is 0 Å². The van der Waals surface area contributed by atoms with Crippen LogP contribution in [0.15, 0.2) is 60.7 Å². The zero-order valence-corrected chi connectivity index (χ0v) is 18.5. The number of carbonyl (C=O) groups is 1. The van der Waals surface area contributed by atoms with Crippen LogP contribution in [-0.4, -0.2) is 20.9 Å². The van der Waals surface area contributed by atoms with E-state index < -0.39 is 17.7 Å². The molecule has 3 N–H and O–H groups in total. The van der Waals surface area contributed by atoms with Gasteiger partial charge < -0.3 is 10.4 Å².